The minimum absolute atomic E-state index is 0.132. The summed E-state index contributed by atoms with van der Waals surface area (Å²) in [6.45, 7) is 1.56. The van der Waals surface area contributed by atoms with Gasteiger partial charge in [0, 0.05) is 0 Å². The Balaban J connectivity index is 3.16. The van der Waals surface area contributed by atoms with Crippen LogP contribution in [-0.4, -0.2) is 22.3 Å². The number of carbonyl (C=O) groups is 2. The van der Waals surface area contributed by atoms with Gasteiger partial charge in [-0.1, -0.05) is 0 Å². The Labute approximate surface area is 66.5 Å². The van der Waals surface area contributed by atoms with E-state index in [9.17, 15) is 9.59 Å². The molecule has 58 valence electrons. The minimum Gasteiger partial charge on any atom is -0.477 e. The number of carboxylic acid groups (broad SMARTS) is 1. The minimum atomic E-state index is -1.03. The summed E-state index contributed by atoms with van der Waals surface area (Å²) in [6, 6.07) is 0. The van der Waals surface area contributed by atoms with Gasteiger partial charge in [-0.3, -0.25) is 4.79 Å². The van der Waals surface area contributed by atoms with E-state index in [4.69, 9.17) is 5.11 Å². The van der Waals surface area contributed by atoms with E-state index in [1.807, 2.05) is 0 Å². The van der Waals surface area contributed by atoms with Crippen LogP contribution in [0.2, 0.25) is 0 Å². The van der Waals surface area contributed by atoms with Gasteiger partial charge in [-0.25, -0.2) is 9.78 Å². The number of aromatic nitrogens is 1. The molecule has 1 aromatic rings. The lowest BCUT2D eigenvalue weighted by molar-refractivity contribution is 0.0701. The van der Waals surface area contributed by atoms with E-state index in [2.05, 4.69) is 4.98 Å². The van der Waals surface area contributed by atoms with Gasteiger partial charge in [0.25, 0.3) is 0 Å². The molecule has 0 fully saturated rings. The Bertz CT molecular complexity index is 305. The quantitative estimate of drug-likeness (QED) is 0.673. The summed E-state index contributed by atoms with van der Waals surface area (Å²) < 4.78 is 0. The van der Waals surface area contributed by atoms with Crippen LogP contribution >= 0.6 is 11.3 Å². The fourth-order valence-electron chi connectivity index (χ4n) is 0.666. The average molecular weight is 171 g/mol. The number of carboxylic acids is 1. The van der Waals surface area contributed by atoms with Crippen LogP contribution in [0.4, 0.5) is 0 Å². The molecule has 5 heteroatoms. The molecule has 0 aliphatic carbocycles. The molecule has 11 heavy (non-hydrogen) atoms. The van der Waals surface area contributed by atoms with Gasteiger partial charge in [-0.2, -0.15) is 0 Å². The number of nitrogens with zero attached hydrogens (tertiary/aromatic N) is 1. The molecule has 4 nitrogen and oxygen atoms in total. The van der Waals surface area contributed by atoms with Crippen molar-refractivity contribution in [1.82, 2.24) is 4.98 Å². The van der Waals surface area contributed by atoms with Crippen molar-refractivity contribution in [2.45, 2.75) is 6.92 Å². The molecule has 1 heterocycles. The Hall–Kier alpha value is -1.23. The van der Waals surface area contributed by atoms with Crippen molar-refractivity contribution in [3.05, 3.63) is 15.6 Å². The zero-order valence-electron chi connectivity index (χ0n) is 5.70. The lowest BCUT2D eigenvalue weighted by Crippen LogP contribution is -1.94. The molecule has 1 N–H and O–H groups in total. The molecule has 0 unspecified atom stereocenters. The van der Waals surface area contributed by atoms with E-state index in [0.717, 1.165) is 11.3 Å². The molecule has 1 rings (SSSR count). The number of aldehydes is 1. The topological polar surface area (TPSA) is 67.3 Å². The van der Waals surface area contributed by atoms with E-state index >= 15 is 0 Å². The highest BCUT2D eigenvalue weighted by atomic mass is 32.1. The first-order valence-corrected chi connectivity index (χ1v) is 3.62. The first-order valence-electron chi connectivity index (χ1n) is 2.81. The summed E-state index contributed by atoms with van der Waals surface area (Å²) >= 11 is 0.889. The van der Waals surface area contributed by atoms with Gasteiger partial charge in [0.05, 0.1) is 5.69 Å². The Kier molecular flexibility index (Phi) is 2.00. The maximum Gasteiger partial charge on any atom is 0.347 e. The third-order valence-corrected chi connectivity index (χ3v) is 2.18. The molecule has 0 saturated heterocycles. The van der Waals surface area contributed by atoms with Gasteiger partial charge < -0.3 is 5.11 Å². The van der Waals surface area contributed by atoms with Gasteiger partial charge in [-0.15, -0.1) is 11.3 Å². The summed E-state index contributed by atoms with van der Waals surface area (Å²) in [5.41, 5.74) is 0.393. The maximum absolute atomic E-state index is 10.4. The van der Waals surface area contributed by atoms with Crippen LogP contribution in [0.25, 0.3) is 0 Å². The van der Waals surface area contributed by atoms with E-state index in [1.54, 1.807) is 6.92 Å². The second-order valence-electron chi connectivity index (χ2n) is 1.89. The van der Waals surface area contributed by atoms with E-state index < -0.39 is 5.97 Å². The van der Waals surface area contributed by atoms with Crippen LogP contribution in [0.5, 0.6) is 0 Å². The van der Waals surface area contributed by atoms with Crippen molar-refractivity contribution in [2.24, 2.45) is 0 Å². The zero-order valence-corrected chi connectivity index (χ0v) is 6.51. The van der Waals surface area contributed by atoms with Gasteiger partial charge in [0.2, 0.25) is 0 Å². The lowest BCUT2D eigenvalue weighted by atomic mass is 10.4. The summed E-state index contributed by atoms with van der Waals surface area (Å²) in [7, 11) is 0. The third-order valence-electron chi connectivity index (χ3n) is 1.11. The monoisotopic (exact) mass is 171 g/mol. The SMILES string of the molecule is Cc1nc(C=O)sc1C(=O)O. The molecule has 0 radical (unpaired) electrons. The summed E-state index contributed by atoms with van der Waals surface area (Å²) in [5.74, 6) is -1.03. The lowest BCUT2D eigenvalue weighted by Gasteiger charge is -1.84. The molecule has 1 aromatic heterocycles. The molecular formula is C6H5NO3S. The molecule has 0 aliphatic rings. The summed E-state index contributed by atoms with van der Waals surface area (Å²) in [5, 5.41) is 8.74. The van der Waals surface area contributed by atoms with Crippen molar-refractivity contribution in [3.63, 3.8) is 0 Å². The molecule has 0 amide bonds. The van der Waals surface area contributed by atoms with Crippen LogP contribution in [0, 0.1) is 6.92 Å². The van der Waals surface area contributed by atoms with Crippen molar-refractivity contribution in [1.29, 1.82) is 0 Å². The number of aromatic carboxylic acids is 1. The fourth-order valence-corrected chi connectivity index (χ4v) is 1.39. The summed E-state index contributed by atoms with van der Waals surface area (Å²) in [6.07, 6.45) is 0.546. The van der Waals surface area contributed by atoms with Crippen molar-refractivity contribution >= 4 is 23.6 Å². The maximum atomic E-state index is 10.4. The number of hydrogen-bond donors (Lipinski definition) is 1. The first kappa shape index (κ1) is 7.87. The molecule has 0 spiro atoms. The molecule has 0 atom stereocenters. The number of carbonyl (C=O) groups excluding carboxylic acids is 1. The first-order chi connectivity index (χ1) is 5.15. The number of rotatable bonds is 2. The molecule has 0 aliphatic heterocycles. The fraction of sp³-hybridized carbons (Fsp3) is 0.167. The highest BCUT2D eigenvalue weighted by Gasteiger charge is 2.12. The standard InChI is InChI=1S/C6H5NO3S/c1-3-5(6(9)10)11-4(2-8)7-3/h2H,1H3,(H,9,10). The van der Waals surface area contributed by atoms with Crippen LogP contribution in [-0.2, 0) is 0 Å². The van der Waals surface area contributed by atoms with Gasteiger partial charge in [0.15, 0.2) is 11.3 Å². The smallest absolute Gasteiger partial charge is 0.347 e. The number of aryl methyl sites for hydroxylation is 1. The average Bonchev–Trinajstić information content (AvgIpc) is 2.30. The van der Waals surface area contributed by atoms with Crippen LogP contribution in [0.15, 0.2) is 0 Å². The highest BCUT2D eigenvalue weighted by molar-refractivity contribution is 7.15. The van der Waals surface area contributed by atoms with Crippen LogP contribution < -0.4 is 0 Å². The Morgan fingerprint density at radius 3 is 2.64 bits per heavy atom. The van der Waals surface area contributed by atoms with Gasteiger partial charge in [0.1, 0.15) is 4.88 Å². The van der Waals surface area contributed by atoms with Gasteiger partial charge in [-0.05, 0) is 6.92 Å². The molecule has 0 saturated carbocycles. The zero-order chi connectivity index (χ0) is 8.43. The van der Waals surface area contributed by atoms with Crippen LogP contribution in [0.3, 0.4) is 0 Å². The second-order valence-corrected chi connectivity index (χ2v) is 2.92. The van der Waals surface area contributed by atoms with E-state index in [0.29, 0.717) is 12.0 Å². The Morgan fingerprint density at radius 1 is 1.73 bits per heavy atom. The molecule has 0 bridgehead atoms. The normalized spacial score (nSPS) is 9.55. The van der Waals surface area contributed by atoms with E-state index in [1.165, 1.54) is 0 Å². The number of thiazole rings is 1. The highest BCUT2D eigenvalue weighted by Crippen LogP contribution is 2.15. The third kappa shape index (κ3) is 1.43. The largest absolute Gasteiger partial charge is 0.477 e. The molecule has 0 aromatic carbocycles. The van der Waals surface area contributed by atoms with Crippen molar-refractivity contribution in [2.75, 3.05) is 0 Å². The van der Waals surface area contributed by atoms with Crippen molar-refractivity contribution < 1.29 is 14.7 Å². The summed E-state index contributed by atoms with van der Waals surface area (Å²) in [4.78, 5) is 24.4. The van der Waals surface area contributed by atoms with Crippen LogP contribution in [0.1, 0.15) is 25.2 Å². The predicted octanol–water partition coefficient (Wildman–Crippen LogP) is 0.962. The molecular weight excluding hydrogens is 166 g/mol. The van der Waals surface area contributed by atoms with E-state index in [-0.39, 0.29) is 9.88 Å². The number of hydrogen-bond acceptors (Lipinski definition) is 4. The Morgan fingerprint density at radius 2 is 2.36 bits per heavy atom. The predicted molar refractivity (Wildman–Crippen MR) is 39.2 cm³/mol. The van der Waals surface area contributed by atoms with Crippen molar-refractivity contribution in [3.8, 4) is 0 Å². The second kappa shape index (κ2) is 2.79. The van der Waals surface area contributed by atoms with Gasteiger partial charge >= 0.3 is 5.97 Å².